The summed E-state index contributed by atoms with van der Waals surface area (Å²) in [6.07, 6.45) is 3.49. The van der Waals surface area contributed by atoms with E-state index in [4.69, 9.17) is 20.9 Å². The maximum absolute atomic E-state index is 5.85. The Morgan fingerprint density at radius 2 is 1.78 bits per heavy atom. The van der Waals surface area contributed by atoms with E-state index >= 15 is 0 Å². The van der Waals surface area contributed by atoms with Crippen molar-refractivity contribution < 1.29 is 9.31 Å². The predicted octanol–water partition coefficient (Wildman–Crippen LogP) is 3.38. The molecule has 1 aromatic heterocycles. The molecule has 1 fully saturated rings. The van der Waals surface area contributed by atoms with Crippen molar-refractivity contribution in [2.45, 2.75) is 38.9 Å². The summed E-state index contributed by atoms with van der Waals surface area (Å²) in [5.74, 6) is 1.87. The Balaban J connectivity index is 2.06. The van der Waals surface area contributed by atoms with Crippen molar-refractivity contribution in [3.8, 4) is 0 Å². The molecule has 1 aromatic rings. The van der Waals surface area contributed by atoms with E-state index in [2.05, 4.69) is 4.98 Å². The molecule has 2 heterocycles. The molecular formula is C13H17BClNO2. The summed E-state index contributed by atoms with van der Waals surface area (Å²) < 4.78 is 11.7. The lowest BCUT2D eigenvalue weighted by atomic mass is 9.90. The number of hydrogen-bond donors (Lipinski definition) is 0. The van der Waals surface area contributed by atoms with Gasteiger partial charge in [0, 0.05) is 6.20 Å². The number of halogens is 1. The van der Waals surface area contributed by atoms with Crippen molar-refractivity contribution in [2.24, 2.45) is 0 Å². The van der Waals surface area contributed by atoms with E-state index in [0.29, 0.717) is 5.02 Å². The first-order valence-electron chi connectivity index (χ1n) is 5.96. The van der Waals surface area contributed by atoms with Gasteiger partial charge in [0.2, 0.25) is 0 Å². The van der Waals surface area contributed by atoms with Crippen LogP contribution >= 0.6 is 11.6 Å². The molecule has 0 aliphatic carbocycles. The smallest absolute Gasteiger partial charge is 0.400 e. The van der Waals surface area contributed by atoms with Gasteiger partial charge in [-0.05, 0) is 45.9 Å². The van der Waals surface area contributed by atoms with Gasteiger partial charge in [0.05, 0.1) is 21.9 Å². The number of pyridine rings is 1. The molecular weight excluding hydrogens is 248 g/mol. The Morgan fingerprint density at radius 1 is 1.17 bits per heavy atom. The maximum atomic E-state index is 5.85. The average molecular weight is 266 g/mol. The number of nitrogens with zero attached hydrogens (tertiary/aromatic N) is 1. The Hall–Kier alpha value is -0.835. The molecule has 0 aromatic carbocycles. The first-order valence-corrected chi connectivity index (χ1v) is 6.33. The van der Waals surface area contributed by atoms with Gasteiger partial charge in [0.15, 0.2) is 0 Å². The van der Waals surface area contributed by atoms with E-state index in [1.807, 2.05) is 45.8 Å². The average Bonchev–Trinajstić information content (AvgIpc) is 2.47. The zero-order valence-electron chi connectivity index (χ0n) is 11.1. The Labute approximate surface area is 113 Å². The molecule has 0 unspecified atom stereocenters. The number of aromatic nitrogens is 1. The van der Waals surface area contributed by atoms with Crippen LogP contribution in [0.25, 0.3) is 6.08 Å². The third-order valence-corrected chi connectivity index (χ3v) is 3.67. The highest BCUT2D eigenvalue weighted by Crippen LogP contribution is 2.36. The van der Waals surface area contributed by atoms with Gasteiger partial charge >= 0.3 is 7.12 Å². The predicted molar refractivity (Wildman–Crippen MR) is 74.4 cm³/mol. The van der Waals surface area contributed by atoms with Gasteiger partial charge in [0.25, 0.3) is 0 Å². The summed E-state index contributed by atoms with van der Waals surface area (Å²) >= 11 is 5.78. The molecule has 96 valence electrons. The molecule has 0 radical (unpaired) electrons. The van der Waals surface area contributed by atoms with Crippen LogP contribution in [0.3, 0.4) is 0 Å². The van der Waals surface area contributed by atoms with E-state index < -0.39 is 0 Å². The number of hydrogen-bond acceptors (Lipinski definition) is 3. The van der Waals surface area contributed by atoms with E-state index in [0.717, 1.165) is 5.69 Å². The van der Waals surface area contributed by atoms with Crippen LogP contribution in [0.15, 0.2) is 24.3 Å². The summed E-state index contributed by atoms with van der Waals surface area (Å²) in [7, 11) is -0.340. The quantitative estimate of drug-likeness (QED) is 0.768. The van der Waals surface area contributed by atoms with E-state index in [1.54, 1.807) is 12.3 Å². The largest absolute Gasteiger partial charge is 0.487 e. The minimum absolute atomic E-state index is 0.310. The van der Waals surface area contributed by atoms with Crippen molar-refractivity contribution in [1.82, 2.24) is 4.98 Å². The lowest BCUT2D eigenvalue weighted by Gasteiger charge is -2.32. The van der Waals surface area contributed by atoms with Gasteiger partial charge in [-0.1, -0.05) is 17.6 Å². The molecule has 5 heteroatoms. The Morgan fingerprint density at radius 3 is 2.28 bits per heavy atom. The minimum Gasteiger partial charge on any atom is -0.400 e. The molecule has 0 bridgehead atoms. The van der Waals surface area contributed by atoms with Gasteiger partial charge in [-0.15, -0.1) is 0 Å². The van der Waals surface area contributed by atoms with Gasteiger partial charge in [-0.2, -0.15) is 0 Å². The highest BCUT2D eigenvalue weighted by atomic mass is 35.5. The summed E-state index contributed by atoms with van der Waals surface area (Å²) in [5, 5.41) is 0.628. The second-order valence-electron chi connectivity index (χ2n) is 5.39. The SMILES string of the molecule is CC1(C)OB(/C=C/c2ccc(Cl)cn2)OC1(C)C. The van der Waals surface area contributed by atoms with Gasteiger partial charge in [0.1, 0.15) is 0 Å². The van der Waals surface area contributed by atoms with Gasteiger partial charge in [-0.25, -0.2) is 0 Å². The van der Waals surface area contributed by atoms with Crippen LogP contribution in [0.4, 0.5) is 0 Å². The molecule has 18 heavy (non-hydrogen) atoms. The lowest BCUT2D eigenvalue weighted by Crippen LogP contribution is -2.41. The van der Waals surface area contributed by atoms with Crippen molar-refractivity contribution in [1.29, 1.82) is 0 Å². The van der Waals surface area contributed by atoms with Crippen LogP contribution in [0, 0.1) is 0 Å². The molecule has 0 atom stereocenters. The minimum atomic E-state index is -0.340. The van der Waals surface area contributed by atoms with Crippen molar-refractivity contribution in [3.05, 3.63) is 35.0 Å². The number of rotatable bonds is 2. The molecule has 0 amide bonds. The third kappa shape index (κ3) is 2.77. The van der Waals surface area contributed by atoms with Crippen LogP contribution in [0.5, 0.6) is 0 Å². The normalized spacial score (nSPS) is 21.7. The molecule has 2 rings (SSSR count). The first kappa shape index (κ1) is 13.6. The fourth-order valence-corrected chi connectivity index (χ4v) is 1.74. The van der Waals surface area contributed by atoms with Crippen LogP contribution in [0.1, 0.15) is 33.4 Å². The van der Waals surface area contributed by atoms with Crippen molar-refractivity contribution in [3.63, 3.8) is 0 Å². The van der Waals surface area contributed by atoms with E-state index in [1.165, 1.54) is 0 Å². The molecule has 1 aliphatic rings. The highest BCUT2D eigenvalue weighted by molar-refractivity contribution is 6.52. The molecule has 1 saturated heterocycles. The monoisotopic (exact) mass is 265 g/mol. The fourth-order valence-electron chi connectivity index (χ4n) is 1.63. The van der Waals surface area contributed by atoms with Gasteiger partial charge in [-0.3, -0.25) is 4.98 Å². The summed E-state index contributed by atoms with van der Waals surface area (Å²) in [5.41, 5.74) is 0.208. The van der Waals surface area contributed by atoms with E-state index in [-0.39, 0.29) is 18.3 Å². The van der Waals surface area contributed by atoms with Crippen LogP contribution in [-0.4, -0.2) is 23.3 Å². The molecule has 1 aliphatic heterocycles. The standard InChI is InChI=1S/C13H17BClNO2/c1-12(2)13(3,4)18-14(17-12)8-7-11-6-5-10(15)9-16-11/h5-9H,1-4H3/b8-7+. The van der Waals surface area contributed by atoms with E-state index in [9.17, 15) is 0 Å². The third-order valence-electron chi connectivity index (χ3n) is 3.45. The fraction of sp³-hybridized carbons (Fsp3) is 0.462. The van der Waals surface area contributed by atoms with Crippen LogP contribution in [0.2, 0.25) is 5.02 Å². The van der Waals surface area contributed by atoms with Crippen LogP contribution < -0.4 is 0 Å². The Bertz CT molecular complexity index is 441. The second kappa shape index (κ2) is 4.69. The summed E-state index contributed by atoms with van der Waals surface area (Å²) in [6.45, 7) is 8.12. The zero-order chi connectivity index (χ0) is 13.4. The lowest BCUT2D eigenvalue weighted by molar-refractivity contribution is 0.00578. The van der Waals surface area contributed by atoms with Gasteiger partial charge < -0.3 is 9.31 Å². The Kier molecular flexibility index (Phi) is 3.54. The summed E-state index contributed by atoms with van der Waals surface area (Å²) in [4.78, 5) is 4.18. The summed E-state index contributed by atoms with van der Waals surface area (Å²) in [6, 6.07) is 3.66. The maximum Gasteiger partial charge on any atom is 0.487 e. The van der Waals surface area contributed by atoms with Crippen LogP contribution in [-0.2, 0) is 9.31 Å². The first-order chi connectivity index (χ1) is 8.30. The van der Waals surface area contributed by atoms with Crippen molar-refractivity contribution in [2.75, 3.05) is 0 Å². The zero-order valence-corrected chi connectivity index (χ0v) is 11.9. The van der Waals surface area contributed by atoms with Crippen molar-refractivity contribution >= 4 is 24.8 Å². The highest BCUT2D eigenvalue weighted by Gasteiger charge is 2.49. The molecule has 0 spiro atoms. The second-order valence-corrected chi connectivity index (χ2v) is 5.82. The molecule has 0 saturated carbocycles. The molecule has 0 N–H and O–H groups in total. The molecule has 3 nitrogen and oxygen atoms in total. The topological polar surface area (TPSA) is 31.4 Å².